The molecular weight excluding hydrogens is 286 g/mol. The lowest BCUT2D eigenvalue weighted by Gasteiger charge is -2.18. The Labute approximate surface area is 126 Å². The van der Waals surface area contributed by atoms with Crippen LogP contribution in [0.4, 0.5) is 5.69 Å². The van der Waals surface area contributed by atoms with E-state index < -0.39 is 29.7 Å². The number of fused-ring (bicyclic) bond motifs is 1. The maximum absolute atomic E-state index is 12.6. The van der Waals surface area contributed by atoms with Gasteiger partial charge in [-0.3, -0.25) is 15.0 Å². The van der Waals surface area contributed by atoms with Crippen LogP contribution in [0, 0.1) is 19.8 Å². The molecule has 7 heteroatoms. The van der Waals surface area contributed by atoms with Crippen molar-refractivity contribution in [2.45, 2.75) is 19.9 Å². The third-order valence-corrected chi connectivity index (χ3v) is 3.91. The number of carbonyl (C=O) groups is 3. The number of hydrogen-bond acceptors (Lipinski definition) is 6. The van der Waals surface area contributed by atoms with Gasteiger partial charge in [-0.05, 0) is 25.5 Å². The maximum atomic E-state index is 12.6. The van der Waals surface area contributed by atoms with E-state index in [4.69, 9.17) is 0 Å². The summed E-state index contributed by atoms with van der Waals surface area (Å²) in [5.41, 5.74) is 4.90. The topological polar surface area (TPSA) is 88.1 Å². The Morgan fingerprint density at radius 3 is 2.64 bits per heavy atom. The lowest BCUT2D eigenvalue weighted by molar-refractivity contribution is -0.133. The lowest BCUT2D eigenvalue weighted by Crippen LogP contribution is -2.36. The number of hydrazone groups is 1. The molecule has 0 spiro atoms. The lowest BCUT2D eigenvalue weighted by atomic mass is 9.99. The normalized spacial score (nSPS) is 23.2. The van der Waals surface area contributed by atoms with Crippen molar-refractivity contribution in [2.24, 2.45) is 11.0 Å². The number of methoxy groups -OCH3 is 1. The van der Waals surface area contributed by atoms with Gasteiger partial charge in [0.25, 0.3) is 5.91 Å². The maximum Gasteiger partial charge on any atom is 0.355 e. The number of hydrogen-bond donors (Lipinski definition) is 1. The number of carbonyl (C=O) groups excluding carboxylic acids is 3. The predicted octanol–water partition coefficient (Wildman–Crippen LogP) is 0.294. The van der Waals surface area contributed by atoms with Crippen molar-refractivity contribution in [1.29, 1.82) is 0 Å². The van der Waals surface area contributed by atoms with Crippen molar-refractivity contribution in [3.05, 3.63) is 29.3 Å². The molecule has 0 saturated carbocycles. The number of anilines is 1. The van der Waals surface area contributed by atoms with Gasteiger partial charge in [-0.25, -0.2) is 9.69 Å². The summed E-state index contributed by atoms with van der Waals surface area (Å²) in [7, 11) is 1.21. The third kappa shape index (κ3) is 1.89. The summed E-state index contributed by atoms with van der Waals surface area (Å²) < 4.78 is 4.61. The average Bonchev–Trinajstić information content (AvgIpc) is 3.01. The fourth-order valence-electron chi connectivity index (χ4n) is 2.86. The average molecular weight is 301 g/mol. The Bertz CT molecular complexity index is 725. The number of rotatable bonds is 2. The van der Waals surface area contributed by atoms with E-state index in [0.29, 0.717) is 5.69 Å². The van der Waals surface area contributed by atoms with Crippen molar-refractivity contribution in [1.82, 2.24) is 5.43 Å². The van der Waals surface area contributed by atoms with E-state index in [1.807, 2.05) is 26.0 Å². The Balaban J connectivity index is 2.00. The molecule has 2 atom stereocenters. The summed E-state index contributed by atoms with van der Waals surface area (Å²) in [5, 5.41) is 3.78. The van der Waals surface area contributed by atoms with Gasteiger partial charge in [0, 0.05) is 0 Å². The van der Waals surface area contributed by atoms with Crippen LogP contribution in [-0.2, 0) is 19.1 Å². The monoisotopic (exact) mass is 301 g/mol. The van der Waals surface area contributed by atoms with Crippen molar-refractivity contribution >= 4 is 29.2 Å². The molecule has 0 bridgehead atoms. The Morgan fingerprint density at radius 1 is 1.27 bits per heavy atom. The van der Waals surface area contributed by atoms with Crippen LogP contribution in [0.25, 0.3) is 0 Å². The minimum absolute atomic E-state index is 0.0573. The highest BCUT2D eigenvalue weighted by Gasteiger charge is 2.55. The minimum Gasteiger partial charge on any atom is -0.464 e. The van der Waals surface area contributed by atoms with E-state index in [9.17, 15) is 14.4 Å². The van der Waals surface area contributed by atoms with Crippen molar-refractivity contribution < 1.29 is 19.1 Å². The van der Waals surface area contributed by atoms with Crippen LogP contribution in [0.15, 0.2) is 23.3 Å². The largest absolute Gasteiger partial charge is 0.464 e. The van der Waals surface area contributed by atoms with Gasteiger partial charge in [-0.2, -0.15) is 5.10 Å². The fraction of sp³-hybridized carbons (Fsp3) is 0.333. The Morgan fingerprint density at radius 2 is 2.00 bits per heavy atom. The highest BCUT2D eigenvalue weighted by atomic mass is 16.5. The molecule has 2 amide bonds. The molecule has 2 heterocycles. The first-order valence-electron chi connectivity index (χ1n) is 6.82. The summed E-state index contributed by atoms with van der Waals surface area (Å²) in [6, 6.07) is 4.62. The molecule has 1 N–H and O–H groups in total. The molecule has 0 aliphatic carbocycles. The first-order valence-corrected chi connectivity index (χ1v) is 6.82. The summed E-state index contributed by atoms with van der Waals surface area (Å²) in [5.74, 6) is -2.51. The van der Waals surface area contributed by atoms with E-state index in [1.165, 1.54) is 7.11 Å². The zero-order valence-corrected chi connectivity index (χ0v) is 12.4. The molecule has 22 heavy (non-hydrogen) atoms. The van der Waals surface area contributed by atoms with Gasteiger partial charge in [-0.15, -0.1) is 0 Å². The molecule has 1 aromatic carbocycles. The van der Waals surface area contributed by atoms with Gasteiger partial charge in [0.05, 0.1) is 12.8 Å². The second-order valence-corrected chi connectivity index (χ2v) is 5.37. The van der Waals surface area contributed by atoms with Gasteiger partial charge in [0.1, 0.15) is 12.0 Å². The van der Waals surface area contributed by atoms with Crippen molar-refractivity contribution in [3.63, 3.8) is 0 Å². The summed E-state index contributed by atoms with van der Waals surface area (Å²) in [6.07, 6.45) is 0. The first-order chi connectivity index (χ1) is 10.5. The number of benzene rings is 1. The van der Waals surface area contributed by atoms with Gasteiger partial charge in [0.15, 0.2) is 5.71 Å². The Hall–Kier alpha value is -2.70. The highest BCUT2D eigenvalue weighted by molar-refractivity contribution is 6.46. The second-order valence-electron chi connectivity index (χ2n) is 5.37. The number of imide groups is 1. The van der Waals surface area contributed by atoms with Gasteiger partial charge in [-0.1, -0.05) is 17.7 Å². The molecule has 2 aliphatic heterocycles. The molecule has 1 saturated heterocycles. The van der Waals surface area contributed by atoms with Crippen LogP contribution in [0.5, 0.6) is 0 Å². The van der Waals surface area contributed by atoms with Gasteiger partial charge >= 0.3 is 5.97 Å². The molecular formula is C15H15N3O4. The van der Waals surface area contributed by atoms with Crippen molar-refractivity contribution in [3.8, 4) is 0 Å². The SMILES string of the molecule is COC(=O)C1=NN[C@H]2C(=O)N(c3ccc(C)cc3C)C(=O)[C@@H]12. The van der Waals surface area contributed by atoms with Crippen LogP contribution in [-0.4, -0.2) is 36.6 Å². The van der Waals surface area contributed by atoms with Crippen LogP contribution in [0.3, 0.4) is 0 Å². The van der Waals surface area contributed by atoms with Gasteiger partial charge in [0.2, 0.25) is 5.91 Å². The van der Waals surface area contributed by atoms with Crippen LogP contribution < -0.4 is 10.3 Å². The fourth-order valence-corrected chi connectivity index (χ4v) is 2.86. The summed E-state index contributed by atoms with van der Waals surface area (Å²) in [6.45, 7) is 3.77. The van der Waals surface area contributed by atoms with E-state index in [2.05, 4.69) is 15.3 Å². The number of nitrogens with one attached hydrogen (secondary N) is 1. The number of amides is 2. The molecule has 0 aromatic heterocycles. The van der Waals surface area contributed by atoms with Crippen LogP contribution in [0.2, 0.25) is 0 Å². The first kappa shape index (κ1) is 14.2. The zero-order valence-electron chi connectivity index (χ0n) is 12.4. The molecule has 1 aromatic rings. The summed E-state index contributed by atoms with van der Waals surface area (Å²) in [4.78, 5) is 38.0. The molecule has 0 unspecified atom stereocenters. The van der Waals surface area contributed by atoms with E-state index >= 15 is 0 Å². The standard InChI is InChI=1S/C15H15N3O4/c1-7-4-5-9(8(2)6-7)18-13(19)10-11(14(18)20)16-17-12(10)15(21)22-3/h4-6,10-11,16H,1-3H3/t10-,11-/m1/s1. The van der Waals surface area contributed by atoms with E-state index in [1.54, 1.807) is 6.07 Å². The summed E-state index contributed by atoms with van der Waals surface area (Å²) >= 11 is 0. The number of esters is 1. The third-order valence-electron chi connectivity index (χ3n) is 3.91. The van der Waals surface area contributed by atoms with E-state index in [-0.39, 0.29) is 5.71 Å². The van der Waals surface area contributed by atoms with Crippen LogP contribution in [0.1, 0.15) is 11.1 Å². The van der Waals surface area contributed by atoms with Crippen LogP contribution >= 0.6 is 0 Å². The van der Waals surface area contributed by atoms with Gasteiger partial charge < -0.3 is 4.74 Å². The molecule has 3 rings (SSSR count). The Kier molecular flexibility index (Phi) is 3.20. The number of nitrogens with zero attached hydrogens (tertiary/aromatic N) is 2. The molecule has 0 radical (unpaired) electrons. The van der Waals surface area contributed by atoms with E-state index in [0.717, 1.165) is 16.0 Å². The minimum atomic E-state index is -0.930. The zero-order chi connectivity index (χ0) is 16.0. The predicted molar refractivity (Wildman–Crippen MR) is 78.3 cm³/mol. The molecule has 2 aliphatic rings. The molecule has 7 nitrogen and oxygen atoms in total. The second kappa shape index (κ2) is 4.94. The molecule has 114 valence electrons. The quantitative estimate of drug-likeness (QED) is 0.627. The van der Waals surface area contributed by atoms with Crippen molar-refractivity contribution in [2.75, 3.05) is 12.0 Å². The highest BCUT2D eigenvalue weighted by Crippen LogP contribution is 2.32. The number of ether oxygens (including phenoxy) is 1. The molecule has 1 fully saturated rings. The smallest absolute Gasteiger partial charge is 0.355 e. The number of aryl methyl sites for hydroxylation is 2.